The number of rotatable bonds is 3. The second-order valence-electron chi connectivity index (χ2n) is 4.49. The molecule has 82 valence electrons. The zero-order chi connectivity index (χ0) is 10.5. The standard InChI is InChI=1S/C14H20O/c15-10-4-5-12-8-9-13-6-2-1-3-7-14(13)11-12/h8-9,11,15H,1-7,10H2. The van der Waals surface area contributed by atoms with E-state index in [2.05, 4.69) is 18.2 Å². The first kappa shape index (κ1) is 10.7. The molecule has 0 radical (unpaired) electrons. The molecule has 1 aromatic carbocycles. The molecule has 0 amide bonds. The maximum absolute atomic E-state index is 8.81. The van der Waals surface area contributed by atoms with Crippen molar-refractivity contribution in [3.63, 3.8) is 0 Å². The number of aryl methyl sites for hydroxylation is 3. The summed E-state index contributed by atoms with van der Waals surface area (Å²) in [4.78, 5) is 0. The van der Waals surface area contributed by atoms with Crippen LogP contribution >= 0.6 is 0 Å². The van der Waals surface area contributed by atoms with Crippen LogP contribution in [-0.2, 0) is 19.3 Å². The Balaban J connectivity index is 2.13. The van der Waals surface area contributed by atoms with Crippen molar-refractivity contribution >= 4 is 0 Å². The molecule has 0 aromatic heterocycles. The quantitative estimate of drug-likeness (QED) is 0.751. The van der Waals surface area contributed by atoms with Gasteiger partial charge < -0.3 is 5.11 Å². The van der Waals surface area contributed by atoms with E-state index in [1.807, 2.05) is 0 Å². The number of benzene rings is 1. The Hall–Kier alpha value is -0.820. The van der Waals surface area contributed by atoms with Crippen molar-refractivity contribution in [1.29, 1.82) is 0 Å². The zero-order valence-corrected chi connectivity index (χ0v) is 9.34. The van der Waals surface area contributed by atoms with Crippen molar-refractivity contribution in [3.8, 4) is 0 Å². The molecule has 0 aliphatic heterocycles. The highest BCUT2D eigenvalue weighted by Crippen LogP contribution is 2.22. The van der Waals surface area contributed by atoms with Gasteiger partial charge in [-0.3, -0.25) is 0 Å². The van der Waals surface area contributed by atoms with Crippen molar-refractivity contribution in [2.75, 3.05) is 6.61 Å². The van der Waals surface area contributed by atoms with Gasteiger partial charge in [0.05, 0.1) is 0 Å². The summed E-state index contributed by atoms with van der Waals surface area (Å²) < 4.78 is 0. The molecule has 0 atom stereocenters. The SMILES string of the molecule is OCCCc1ccc2c(c1)CCCCC2. The summed E-state index contributed by atoms with van der Waals surface area (Å²) in [6, 6.07) is 6.89. The Morgan fingerprint density at radius 2 is 1.80 bits per heavy atom. The molecule has 0 unspecified atom stereocenters. The molecular weight excluding hydrogens is 184 g/mol. The number of aliphatic hydroxyl groups is 1. The van der Waals surface area contributed by atoms with E-state index in [-0.39, 0.29) is 0 Å². The monoisotopic (exact) mass is 204 g/mol. The van der Waals surface area contributed by atoms with E-state index < -0.39 is 0 Å². The van der Waals surface area contributed by atoms with Crippen molar-refractivity contribution < 1.29 is 5.11 Å². The van der Waals surface area contributed by atoms with E-state index in [9.17, 15) is 0 Å². The molecule has 0 spiro atoms. The largest absolute Gasteiger partial charge is 0.396 e. The summed E-state index contributed by atoms with van der Waals surface area (Å²) >= 11 is 0. The maximum atomic E-state index is 8.81. The molecular formula is C14H20O. The molecule has 1 aliphatic rings. The zero-order valence-electron chi connectivity index (χ0n) is 9.34. The fraction of sp³-hybridized carbons (Fsp3) is 0.571. The van der Waals surface area contributed by atoms with E-state index in [0.717, 1.165) is 12.8 Å². The highest BCUT2D eigenvalue weighted by Gasteiger charge is 2.07. The molecule has 0 fully saturated rings. The van der Waals surface area contributed by atoms with Crippen molar-refractivity contribution in [3.05, 3.63) is 34.9 Å². The maximum Gasteiger partial charge on any atom is 0.0434 e. The van der Waals surface area contributed by atoms with Gasteiger partial charge >= 0.3 is 0 Å². The van der Waals surface area contributed by atoms with Crippen LogP contribution in [0.2, 0.25) is 0 Å². The fourth-order valence-electron chi connectivity index (χ4n) is 2.40. The lowest BCUT2D eigenvalue weighted by molar-refractivity contribution is 0.288. The van der Waals surface area contributed by atoms with Gasteiger partial charge in [-0.1, -0.05) is 24.6 Å². The Bertz CT molecular complexity index is 317. The van der Waals surface area contributed by atoms with Crippen molar-refractivity contribution in [2.24, 2.45) is 0 Å². The molecule has 2 rings (SSSR count). The summed E-state index contributed by atoms with van der Waals surface area (Å²) in [5.41, 5.74) is 4.51. The van der Waals surface area contributed by atoms with Crippen molar-refractivity contribution in [2.45, 2.75) is 44.9 Å². The summed E-state index contributed by atoms with van der Waals surface area (Å²) in [5, 5.41) is 8.81. The van der Waals surface area contributed by atoms with Gasteiger partial charge in [-0.15, -0.1) is 0 Å². The second kappa shape index (κ2) is 5.32. The van der Waals surface area contributed by atoms with Gasteiger partial charge in [0.2, 0.25) is 0 Å². The third-order valence-corrected chi connectivity index (χ3v) is 3.29. The molecule has 1 aromatic rings. The Kier molecular flexibility index (Phi) is 3.79. The van der Waals surface area contributed by atoms with Crippen LogP contribution in [0.5, 0.6) is 0 Å². The van der Waals surface area contributed by atoms with Crippen LogP contribution in [0.1, 0.15) is 42.4 Å². The van der Waals surface area contributed by atoms with E-state index in [0.29, 0.717) is 6.61 Å². The molecule has 1 N–H and O–H groups in total. The molecule has 15 heavy (non-hydrogen) atoms. The van der Waals surface area contributed by atoms with Gasteiger partial charge in [0.15, 0.2) is 0 Å². The van der Waals surface area contributed by atoms with Gasteiger partial charge in [0, 0.05) is 6.61 Å². The number of fused-ring (bicyclic) bond motifs is 1. The molecule has 0 heterocycles. The minimum absolute atomic E-state index is 0.303. The van der Waals surface area contributed by atoms with E-state index in [4.69, 9.17) is 5.11 Å². The van der Waals surface area contributed by atoms with Crippen LogP contribution in [0.3, 0.4) is 0 Å². The Labute approximate surface area is 92.1 Å². The average Bonchev–Trinajstić information content (AvgIpc) is 2.50. The fourth-order valence-corrected chi connectivity index (χ4v) is 2.40. The lowest BCUT2D eigenvalue weighted by atomic mass is 9.98. The highest BCUT2D eigenvalue weighted by molar-refractivity contribution is 5.33. The average molecular weight is 204 g/mol. The third-order valence-electron chi connectivity index (χ3n) is 3.29. The smallest absolute Gasteiger partial charge is 0.0434 e. The van der Waals surface area contributed by atoms with Gasteiger partial charge in [0.1, 0.15) is 0 Å². The first-order valence-corrected chi connectivity index (χ1v) is 6.11. The Morgan fingerprint density at radius 3 is 2.60 bits per heavy atom. The van der Waals surface area contributed by atoms with Crippen molar-refractivity contribution in [1.82, 2.24) is 0 Å². The van der Waals surface area contributed by atoms with Crippen LogP contribution in [0.25, 0.3) is 0 Å². The minimum atomic E-state index is 0.303. The minimum Gasteiger partial charge on any atom is -0.396 e. The first-order valence-electron chi connectivity index (χ1n) is 6.11. The van der Waals surface area contributed by atoms with Crippen LogP contribution < -0.4 is 0 Å². The topological polar surface area (TPSA) is 20.2 Å². The molecule has 0 saturated carbocycles. The van der Waals surface area contributed by atoms with E-state index in [1.54, 1.807) is 11.1 Å². The highest BCUT2D eigenvalue weighted by atomic mass is 16.2. The normalized spacial score (nSPS) is 15.8. The number of hydrogen-bond acceptors (Lipinski definition) is 1. The summed E-state index contributed by atoms with van der Waals surface area (Å²) in [5.74, 6) is 0. The van der Waals surface area contributed by atoms with E-state index >= 15 is 0 Å². The van der Waals surface area contributed by atoms with E-state index in [1.165, 1.54) is 37.7 Å². The first-order chi connectivity index (χ1) is 7.40. The summed E-state index contributed by atoms with van der Waals surface area (Å²) in [6.07, 6.45) is 8.49. The van der Waals surface area contributed by atoms with Crippen LogP contribution in [0.15, 0.2) is 18.2 Å². The summed E-state index contributed by atoms with van der Waals surface area (Å²) in [6.45, 7) is 0.303. The Morgan fingerprint density at radius 1 is 1.00 bits per heavy atom. The molecule has 1 heteroatoms. The van der Waals surface area contributed by atoms with Crippen LogP contribution in [-0.4, -0.2) is 11.7 Å². The van der Waals surface area contributed by atoms with Crippen LogP contribution in [0, 0.1) is 0 Å². The molecule has 0 saturated heterocycles. The lowest BCUT2D eigenvalue weighted by Gasteiger charge is -2.08. The lowest BCUT2D eigenvalue weighted by Crippen LogP contribution is -1.95. The van der Waals surface area contributed by atoms with Gasteiger partial charge in [-0.2, -0.15) is 0 Å². The second-order valence-corrected chi connectivity index (χ2v) is 4.49. The molecule has 1 aliphatic carbocycles. The predicted molar refractivity (Wildman–Crippen MR) is 63.1 cm³/mol. The van der Waals surface area contributed by atoms with Gasteiger partial charge in [-0.05, 0) is 55.2 Å². The summed E-state index contributed by atoms with van der Waals surface area (Å²) in [7, 11) is 0. The predicted octanol–water partition coefficient (Wildman–Crippen LogP) is 2.88. The van der Waals surface area contributed by atoms with Crippen LogP contribution in [0.4, 0.5) is 0 Å². The van der Waals surface area contributed by atoms with Gasteiger partial charge in [0.25, 0.3) is 0 Å². The molecule has 1 nitrogen and oxygen atoms in total. The molecule has 0 bridgehead atoms. The van der Waals surface area contributed by atoms with Gasteiger partial charge in [-0.25, -0.2) is 0 Å². The third kappa shape index (κ3) is 2.82. The number of aliphatic hydroxyl groups excluding tert-OH is 1. The number of hydrogen-bond donors (Lipinski definition) is 1.